The van der Waals surface area contributed by atoms with Gasteiger partial charge in [-0.3, -0.25) is 0 Å². The zero-order chi connectivity index (χ0) is 15.1. The van der Waals surface area contributed by atoms with Crippen LogP contribution in [-0.2, 0) is 0 Å². The van der Waals surface area contributed by atoms with Crippen LogP contribution < -0.4 is 15.4 Å². The van der Waals surface area contributed by atoms with Crippen molar-refractivity contribution in [1.82, 2.24) is 0 Å². The second kappa shape index (κ2) is 8.03. The van der Waals surface area contributed by atoms with E-state index in [1.54, 1.807) is 0 Å². The monoisotopic (exact) mass is 304 g/mol. The third-order valence-electron chi connectivity index (χ3n) is 3.37. The third kappa shape index (κ3) is 4.46. The summed E-state index contributed by atoms with van der Waals surface area (Å²) in [5.74, 6) is 1.74. The first kappa shape index (κ1) is 15.8. The molecule has 0 bridgehead atoms. The summed E-state index contributed by atoms with van der Waals surface area (Å²) in [4.78, 5) is 0.916. The van der Waals surface area contributed by atoms with Gasteiger partial charge in [-0.1, -0.05) is 19.4 Å². The Morgan fingerprint density at radius 1 is 1.24 bits per heavy atom. The Morgan fingerprint density at radius 3 is 2.71 bits per heavy atom. The zero-order valence-corrected chi connectivity index (χ0v) is 13.7. The molecule has 0 saturated heterocycles. The van der Waals surface area contributed by atoms with Crippen LogP contribution in [-0.4, -0.2) is 13.6 Å². The van der Waals surface area contributed by atoms with Crippen LogP contribution in [0.15, 0.2) is 41.0 Å². The lowest BCUT2D eigenvalue weighted by Crippen LogP contribution is -2.06. The molecule has 1 aromatic carbocycles. The van der Waals surface area contributed by atoms with Gasteiger partial charge in [0.1, 0.15) is 5.76 Å². The van der Waals surface area contributed by atoms with Crippen molar-refractivity contribution in [1.29, 1.82) is 0 Å². The Labute approximate surface area is 132 Å². The van der Waals surface area contributed by atoms with Crippen molar-refractivity contribution in [2.75, 3.05) is 24.2 Å². The molecule has 3 nitrogen and oxygen atoms in total. The van der Waals surface area contributed by atoms with E-state index in [4.69, 9.17) is 4.74 Å². The Hall–Kier alpha value is -1.55. The quantitative estimate of drug-likeness (QED) is 0.498. The van der Waals surface area contributed by atoms with Crippen molar-refractivity contribution >= 4 is 24.0 Å². The molecule has 0 amide bonds. The first-order valence-electron chi connectivity index (χ1n) is 7.57. The lowest BCUT2D eigenvalue weighted by Gasteiger charge is -2.19. The van der Waals surface area contributed by atoms with Crippen LogP contribution in [0.2, 0.25) is 0 Å². The predicted octanol–water partition coefficient (Wildman–Crippen LogP) is 4.84. The van der Waals surface area contributed by atoms with Gasteiger partial charge in [0.15, 0.2) is 5.75 Å². The van der Waals surface area contributed by atoms with Gasteiger partial charge in [0.2, 0.25) is 0 Å². The van der Waals surface area contributed by atoms with E-state index in [-0.39, 0.29) is 0 Å². The fraction of sp³-hybridized carbons (Fsp3) is 0.412. The SMILES string of the molecule is CCCCNc1cc(S)cc(NC)c1OC1=CCCC=C1. The van der Waals surface area contributed by atoms with Gasteiger partial charge in [0.05, 0.1) is 11.4 Å². The molecule has 0 radical (unpaired) electrons. The second-order valence-electron chi connectivity index (χ2n) is 5.09. The number of benzene rings is 1. The molecule has 21 heavy (non-hydrogen) atoms. The molecule has 0 aliphatic heterocycles. The van der Waals surface area contributed by atoms with Crippen LogP contribution in [0.1, 0.15) is 32.6 Å². The molecule has 0 atom stereocenters. The molecule has 0 aromatic heterocycles. The first-order valence-corrected chi connectivity index (χ1v) is 8.02. The molecule has 1 aliphatic carbocycles. The van der Waals surface area contributed by atoms with E-state index in [1.165, 1.54) is 0 Å². The molecule has 2 rings (SSSR count). The number of thiol groups is 1. The van der Waals surface area contributed by atoms with Gasteiger partial charge in [-0.25, -0.2) is 0 Å². The fourth-order valence-corrected chi connectivity index (χ4v) is 2.48. The highest BCUT2D eigenvalue weighted by molar-refractivity contribution is 7.80. The molecule has 0 fully saturated rings. The van der Waals surface area contributed by atoms with Crippen LogP contribution in [0.25, 0.3) is 0 Å². The minimum absolute atomic E-state index is 0.837. The lowest BCUT2D eigenvalue weighted by molar-refractivity contribution is 0.442. The number of unbranched alkanes of at least 4 members (excludes halogenated alkanes) is 1. The molecule has 0 spiro atoms. The summed E-state index contributed by atoms with van der Waals surface area (Å²) in [7, 11) is 1.90. The van der Waals surface area contributed by atoms with Crippen LogP contribution in [0.3, 0.4) is 0 Å². The summed E-state index contributed by atoms with van der Waals surface area (Å²) in [6.45, 7) is 3.12. The highest BCUT2D eigenvalue weighted by Gasteiger charge is 2.13. The second-order valence-corrected chi connectivity index (χ2v) is 5.61. The number of hydrogen-bond acceptors (Lipinski definition) is 4. The standard InChI is InChI=1S/C17H24N2OS/c1-3-4-10-19-16-12-14(21)11-15(18-2)17(16)20-13-8-6-5-7-9-13/h6,8-9,11-12,18-19,21H,3-5,7,10H2,1-2H3. The molecular weight excluding hydrogens is 280 g/mol. The van der Waals surface area contributed by atoms with Crippen molar-refractivity contribution in [3.8, 4) is 5.75 Å². The van der Waals surface area contributed by atoms with Crippen LogP contribution in [0.4, 0.5) is 11.4 Å². The molecule has 1 aliphatic rings. The number of rotatable bonds is 7. The Balaban J connectivity index is 2.26. The van der Waals surface area contributed by atoms with E-state index in [0.717, 1.165) is 60.0 Å². The molecule has 0 heterocycles. The average molecular weight is 304 g/mol. The van der Waals surface area contributed by atoms with Gasteiger partial charge >= 0.3 is 0 Å². The summed E-state index contributed by atoms with van der Waals surface area (Å²) in [5.41, 5.74) is 1.93. The van der Waals surface area contributed by atoms with Gasteiger partial charge < -0.3 is 15.4 Å². The molecule has 4 heteroatoms. The minimum Gasteiger partial charge on any atom is -0.453 e. The Bertz CT molecular complexity index is 538. The first-order chi connectivity index (χ1) is 10.2. The molecular formula is C17H24N2OS. The highest BCUT2D eigenvalue weighted by Crippen LogP contribution is 2.37. The summed E-state index contributed by atoms with van der Waals surface area (Å²) in [5, 5.41) is 6.65. The van der Waals surface area contributed by atoms with Crippen molar-refractivity contribution in [3.63, 3.8) is 0 Å². The molecule has 0 saturated carbocycles. The van der Waals surface area contributed by atoms with E-state index >= 15 is 0 Å². The van der Waals surface area contributed by atoms with Gasteiger partial charge in [0.25, 0.3) is 0 Å². The van der Waals surface area contributed by atoms with Crippen LogP contribution in [0, 0.1) is 0 Å². The van der Waals surface area contributed by atoms with E-state index in [2.05, 4.69) is 42.3 Å². The average Bonchev–Trinajstić information content (AvgIpc) is 2.50. The van der Waals surface area contributed by atoms with E-state index in [0.29, 0.717) is 0 Å². The van der Waals surface area contributed by atoms with Gasteiger partial charge in [0, 0.05) is 18.5 Å². The van der Waals surface area contributed by atoms with Gasteiger partial charge in [-0.05, 0) is 43.5 Å². The van der Waals surface area contributed by atoms with E-state index < -0.39 is 0 Å². The van der Waals surface area contributed by atoms with Crippen molar-refractivity contribution in [2.24, 2.45) is 0 Å². The molecule has 2 N–H and O–H groups in total. The van der Waals surface area contributed by atoms with Crippen molar-refractivity contribution in [2.45, 2.75) is 37.5 Å². The predicted molar refractivity (Wildman–Crippen MR) is 93.7 cm³/mol. The van der Waals surface area contributed by atoms with E-state index in [9.17, 15) is 0 Å². The minimum atomic E-state index is 0.837. The highest BCUT2D eigenvalue weighted by atomic mass is 32.1. The zero-order valence-electron chi connectivity index (χ0n) is 12.8. The summed E-state index contributed by atoms with van der Waals surface area (Å²) < 4.78 is 6.11. The lowest BCUT2D eigenvalue weighted by atomic mass is 10.2. The van der Waals surface area contributed by atoms with Crippen molar-refractivity contribution in [3.05, 3.63) is 36.1 Å². The molecule has 1 aromatic rings. The smallest absolute Gasteiger partial charge is 0.173 e. The molecule has 114 valence electrons. The van der Waals surface area contributed by atoms with Gasteiger partial charge in [-0.15, -0.1) is 12.6 Å². The van der Waals surface area contributed by atoms with Gasteiger partial charge in [-0.2, -0.15) is 0 Å². The third-order valence-corrected chi connectivity index (χ3v) is 3.63. The Kier molecular flexibility index (Phi) is 6.05. The van der Waals surface area contributed by atoms with Crippen LogP contribution in [0.5, 0.6) is 5.75 Å². The summed E-state index contributed by atoms with van der Waals surface area (Å²) in [6, 6.07) is 4.00. The number of hydrogen-bond donors (Lipinski definition) is 3. The maximum atomic E-state index is 6.11. The van der Waals surface area contributed by atoms with Crippen LogP contribution >= 0.6 is 12.6 Å². The van der Waals surface area contributed by atoms with E-state index in [1.807, 2.05) is 25.3 Å². The maximum absolute atomic E-state index is 6.11. The summed E-state index contributed by atoms with van der Waals surface area (Å²) in [6.07, 6.45) is 10.7. The number of ether oxygens (including phenoxy) is 1. The topological polar surface area (TPSA) is 33.3 Å². The molecule has 0 unspecified atom stereocenters. The maximum Gasteiger partial charge on any atom is 0.173 e. The number of nitrogens with one attached hydrogen (secondary N) is 2. The largest absolute Gasteiger partial charge is 0.453 e. The number of anilines is 2. The normalized spacial score (nSPS) is 13.8. The van der Waals surface area contributed by atoms with Crippen molar-refractivity contribution < 1.29 is 4.74 Å². The fourth-order valence-electron chi connectivity index (χ4n) is 2.22. The summed E-state index contributed by atoms with van der Waals surface area (Å²) >= 11 is 4.47. The number of allylic oxidation sites excluding steroid dienone is 3. The Morgan fingerprint density at radius 2 is 2.05 bits per heavy atom.